The van der Waals surface area contributed by atoms with E-state index in [2.05, 4.69) is 153 Å². The number of allylic oxidation sites excluding steroid dienone is 23. The zero-order valence-corrected chi connectivity index (χ0v) is 61.9. The monoisotopic (exact) mass is 1390 g/mol. The third-order valence-electron chi connectivity index (χ3n) is 18.3. The van der Waals surface area contributed by atoms with Crippen LogP contribution in [0.2, 0.25) is 0 Å². The third kappa shape index (κ3) is 50.0. The molecule has 0 saturated carbocycles. The van der Waals surface area contributed by atoms with Crippen LogP contribution in [0, 0.1) is 0 Å². The Hall–Kier alpha value is -4.13. The number of amides is 1. The van der Waals surface area contributed by atoms with Gasteiger partial charge in [-0.05, 0) is 109 Å². The molecule has 0 spiro atoms. The summed E-state index contributed by atoms with van der Waals surface area (Å²) < 4.78 is 22.9. The van der Waals surface area contributed by atoms with E-state index in [1.165, 1.54) is 154 Å². The quantitative estimate of drug-likeness (QED) is 0.0204. The first-order valence-electron chi connectivity index (χ1n) is 39.6. The largest absolute Gasteiger partial charge is 0.394 e. The van der Waals surface area contributed by atoms with Gasteiger partial charge in [0.15, 0.2) is 12.6 Å². The van der Waals surface area contributed by atoms with Crippen molar-refractivity contribution in [2.75, 3.05) is 19.8 Å². The molecule has 14 nitrogen and oxygen atoms in total. The van der Waals surface area contributed by atoms with Crippen LogP contribution in [0.25, 0.3) is 0 Å². The van der Waals surface area contributed by atoms with Crippen LogP contribution in [0.5, 0.6) is 0 Å². The maximum atomic E-state index is 13.4. The molecule has 2 saturated heterocycles. The van der Waals surface area contributed by atoms with Crippen molar-refractivity contribution in [2.24, 2.45) is 0 Å². The molecule has 2 rings (SSSR count). The number of rotatable bonds is 64. The molecule has 0 aromatic rings. The van der Waals surface area contributed by atoms with Crippen LogP contribution < -0.4 is 5.32 Å². The van der Waals surface area contributed by atoms with Crippen LogP contribution in [0.15, 0.2) is 146 Å². The van der Waals surface area contributed by atoms with E-state index < -0.39 is 86.8 Å². The molecule has 12 atom stereocenters. The molecular weight excluding hydrogens is 1240 g/mol. The van der Waals surface area contributed by atoms with Crippen molar-refractivity contribution in [1.29, 1.82) is 0 Å². The summed E-state index contributed by atoms with van der Waals surface area (Å²) in [5.74, 6) is -0.257. The lowest BCUT2D eigenvalue weighted by Crippen LogP contribution is -2.65. The van der Waals surface area contributed by atoms with Gasteiger partial charge in [0.1, 0.15) is 48.8 Å². The van der Waals surface area contributed by atoms with Gasteiger partial charge in [0.25, 0.3) is 0 Å². The lowest BCUT2D eigenvalue weighted by molar-refractivity contribution is -0.359. The second-order valence-electron chi connectivity index (χ2n) is 27.1. The lowest BCUT2D eigenvalue weighted by Gasteiger charge is -2.46. The Morgan fingerprint density at radius 3 is 1.11 bits per heavy atom. The molecule has 2 fully saturated rings. The van der Waals surface area contributed by atoms with Crippen LogP contribution in [0.3, 0.4) is 0 Å². The maximum absolute atomic E-state index is 13.4. The van der Waals surface area contributed by atoms with Gasteiger partial charge >= 0.3 is 0 Å². The predicted octanol–water partition coefficient (Wildman–Crippen LogP) is 18.0. The Kier molecular flexibility index (Phi) is 61.6. The highest BCUT2D eigenvalue weighted by molar-refractivity contribution is 5.76. The lowest BCUT2D eigenvalue weighted by atomic mass is 9.97. The van der Waals surface area contributed by atoms with E-state index in [0.29, 0.717) is 12.8 Å². The maximum Gasteiger partial charge on any atom is 0.220 e. The number of hydrogen-bond acceptors (Lipinski definition) is 13. The van der Waals surface area contributed by atoms with E-state index in [0.717, 1.165) is 103 Å². The van der Waals surface area contributed by atoms with Gasteiger partial charge in [-0.2, -0.15) is 0 Å². The molecule has 0 aliphatic carbocycles. The fraction of sp³-hybridized carbons (Fsp3) is 0.706. The summed E-state index contributed by atoms with van der Waals surface area (Å²) >= 11 is 0. The molecule has 0 bridgehead atoms. The summed E-state index contributed by atoms with van der Waals surface area (Å²) in [6, 6.07) is -0.945. The minimum Gasteiger partial charge on any atom is -0.394 e. The fourth-order valence-corrected chi connectivity index (χ4v) is 12.0. The third-order valence-corrected chi connectivity index (χ3v) is 18.3. The van der Waals surface area contributed by atoms with Gasteiger partial charge in [-0.3, -0.25) is 4.79 Å². The van der Waals surface area contributed by atoms with Crippen molar-refractivity contribution in [1.82, 2.24) is 5.32 Å². The van der Waals surface area contributed by atoms with Crippen molar-refractivity contribution in [2.45, 2.75) is 364 Å². The second kappa shape index (κ2) is 67.1. The van der Waals surface area contributed by atoms with Crippen LogP contribution in [-0.4, -0.2) is 140 Å². The topological polar surface area (TPSA) is 228 Å². The number of aliphatic hydroxyl groups excluding tert-OH is 8. The zero-order chi connectivity index (χ0) is 71.5. The summed E-state index contributed by atoms with van der Waals surface area (Å²) in [6.07, 6.45) is 84.8. The van der Waals surface area contributed by atoms with Gasteiger partial charge in [-0.15, -0.1) is 0 Å². The predicted molar refractivity (Wildman–Crippen MR) is 410 cm³/mol. The first-order valence-corrected chi connectivity index (χ1v) is 39.6. The normalized spacial score (nSPS) is 22.8. The molecule has 1 amide bonds. The molecule has 0 aromatic heterocycles. The number of carbonyl (C=O) groups excluding carboxylic acids is 1. The molecule has 99 heavy (non-hydrogen) atoms. The molecule has 0 aromatic carbocycles. The van der Waals surface area contributed by atoms with Crippen molar-refractivity contribution in [3.05, 3.63) is 146 Å². The van der Waals surface area contributed by atoms with Gasteiger partial charge in [0, 0.05) is 6.42 Å². The first kappa shape index (κ1) is 91.0. The molecule has 12 unspecified atom stereocenters. The van der Waals surface area contributed by atoms with Gasteiger partial charge in [-0.1, -0.05) is 320 Å². The summed E-state index contributed by atoms with van der Waals surface area (Å²) in [6.45, 7) is 2.68. The Morgan fingerprint density at radius 1 is 0.374 bits per heavy atom. The van der Waals surface area contributed by atoms with Gasteiger partial charge in [-0.25, -0.2) is 0 Å². The van der Waals surface area contributed by atoms with E-state index in [9.17, 15) is 45.6 Å². The number of ether oxygens (including phenoxy) is 4. The number of unbranched alkanes of at least 4 members (excludes halogenated alkanes) is 29. The van der Waals surface area contributed by atoms with E-state index in [4.69, 9.17) is 18.9 Å². The molecule has 2 heterocycles. The Labute approximate surface area is 602 Å². The minimum absolute atomic E-state index is 0.257. The average molecular weight is 1390 g/mol. The Morgan fingerprint density at radius 2 is 0.707 bits per heavy atom. The van der Waals surface area contributed by atoms with Crippen molar-refractivity contribution >= 4 is 5.91 Å². The van der Waals surface area contributed by atoms with E-state index >= 15 is 0 Å². The van der Waals surface area contributed by atoms with Crippen LogP contribution in [0.1, 0.15) is 290 Å². The number of hydrogen-bond donors (Lipinski definition) is 9. The molecular formula is C85H143NO13. The Bertz CT molecular complexity index is 2230. The van der Waals surface area contributed by atoms with Crippen molar-refractivity contribution in [3.63, 3.8) is 0 Å². The van der Waals surface area contributed by atoms with Gasteiger partial charge in [0.2, 0.25) is 5.91 Å². The molecule has 9 N–H and O–H groups in total. The molecule has 0 radical (unpaired) electrons. The summed E-state index contributed by atoms with van der Waals surface area (Å²) in [5.41, 5.74) is 0. The molecule has 2 aliphatic rings. The van der Waals surface area contributed by atoms with E-state index in [1.54, 1.807) is 6.08 Å². The van der Waals surface area contributed by atoms with Crippen molar-refractivity contribution < 1.29 is 64.6 Å². The minimum atomic E-state index is -1.80. The zero-order valence-electron chi connectivity index (χ0n) is 61.9. The first-order chi connectivity index (χ1) is 48.6. The standard InChI is InChI=1S/C85H143NO13/c1-3-5-7-9-11-13-15-17-19-21-23-25-27-29-30-31-32-33-34-35-36-37-38-39-40-41-42-43-44-45-47-49-51-53-55-57-59-61-63-65-67-69-77(90)86-73(72-96-84-82(95)80(93)83(76(71-88)98-84)99-85-81(94)79(92)78(91)75(70-87)97-85)74(89)68-66-64-62-60-58-56-54-52-50-48-46-28-26-24-22-20-18-16-14-12-10-8-6-4-2/h5,7,11,13,17,19,23,25,29-30,32-33,35-36,38-39,41-42,44-45,58,60,66,68,73-76,78-85,87-89,91-95H,3-4,6,8-10,12,14-16,18,20-22,24,26-28,31,34,37,40,43,46-57,59,61-65,67,69-72H2,1-2H3,(H,86,90)/b7-5-,13-11-,19-17-,25-23-,30-29-,33-32-,36-35-,39-38-,42-41-,45-44-,60-58+,68-66+. The van der Waals surface area contributed by atoms with E-state index in [1.807, 2.05) is 6.08 Å². The molecule has 566 valence electrons. The van der Waals surface area contributed by atoms with E-state index in [-0.39, 0.29) is 18.9 Å². The SMILES string of the molecule is CC/C=C\C/C=C\C/C=C\C/C=C\C/C=C\C/C=C\C/C=C\C/C=C\C/C=C\C/C=C\CCCCCCCCCCCCC(=O)NC(COC1OC(CO)C(OC2OC(CO)C(O)C(O)C2O)C(O)C1O)C(O)/C=C/CC/C=C/CCCCCCCCCCCCCCCCCCCC. The van der Waals surface area contributed by atoms with Gasteiger partial charge in [0.05, 0.1) is 32.0 Å². The highest BCUT2D eigenvalue weighted by Crippen LogP contribution is 2.30. The Balaban J connectivity index is 1.64. The number of nitrogens with one attached hydrogen (secondary N) is 1. The summed E-state index contributed by atoms with van der Waals surface area (Å²) in [5, 5.41) is 87.6. The van der Waals surface area contributed by atoms with Crippen LogP contribution in [0.4, 0.5) is 0 Å². The fourth-order valence-electron chi connectivity index (χ4n) is 12.0. The van der Waals surface area contributed by atoms with Gasteiger partial charge < -0.3 is 65.1 Å². The van der Waals surface area contributed by atoms with Crippen LogP contribution in [-0.2, 0) is 23.7 Å². The van der Waals surface area contributed by atoms with Crippen molar-refractivity contribution in [3.8, 4) is 0 Å². The molecule has 14 heteroatoms. The average Bonchev–Trinajstić information content (AvgIpc) is 0.799. The number of aliphatic hydroxyl groups is 8. The number of carbonyl (C=O) groups is 1. The van der Waals surface area contributed by atoms with Crippen LogP contribution >= 0.6 is 0 Å². The second-order valence-corrected chi connectivity index (χ2v) is 27.1. The molecule has 2 aliphatic heterocycles. The summed E-state index contributed by atoms with van der Waals surface area (Å²) in [4.78, 5) is 13.4. The smallest absolute Gasteiger partial charge is 0.220 e. The highest BCUT2D eigenvalue weighted by Gasteiger charge is 2.51. The summed E-state index contributed by atoms with van der Waals surface area (Å²) in [7, 11) is 0. The highest BCUT2D eigenvalue weighted by atomic mass is 16.7.